The van der Waals surface area contributed by atoms with E-state index in [1.165, 1.54) is 0 Å². The number of rotatable bonds is 4. The third-order valence-corrected chi connectivity index (χ3v) is 3.14. The van der Waals surface area contributed by atoms with E-state index in [0.29, 0.717) is 6.42 Å². The van der Waals surface area contributed by atoms with Gasteiger partial charge in [-0.05, 0) is 50.5 Å². The molecule has 0 saturated carbocycles. The number of nitrogens with zero attached hydrogens (tertiary/aromatic N) is 2. The average molecular weight is 258 g/mol. The summed E-state index contributed by atoms with van der Waals surface area (Å²) >= 11 is 0. The van der Waals surface area contributed by atoms with Gasteiger partial charge in [-0.3, -0.25) is 4.79 Å². The molecule has 0 aliphatic carbocycles. The van der Waals surface area contributed by atoms with E-state index in [1.54, 1.807) is 0 Å². The number of carboxylic acid groups (broad SMARTS) is 1. The zero-order valence-electron chi connectivity index (χ0n) is 11.5. The quantitative estimate of drug-likeness (QED) is 0.917. The highest BCUT2D eigenvalue weighted by Crippen LogP contribution is 2.19. The van der Waals surface area contributed by atoms with Crippen molar-refractivity contribution < 1.29 is 9.90 Å². The Balaban J connectivity index is 2.37. The first-order chi connectivity index (χ1) is 8.97. The van der Waals surface area contributed by atoms with Gasteiger partial charge in [0, 0.05) is 12.1 Å². The van der Waals surface area contributed by atoms with Crippen LogP contribution in [0.15, 0.2) is 24.3 Å². The van der Waals surface area contributed by atoms with E-state index in [9.17, 15) is 4.79 Å². The van der Waals surface area contributed by atoms with Crippen LogP contribution in [0.4, 0.5) is 0 Å². The number of hydrogen-bond acceptors (Lipinski definition) is 2. The van der Waals surface area contributed by atoms with Gasteiger partial charge in [-0.1, -0.05) is 12.1 Å². The smallest absolute Gasteiger partial charge is 0.303 e. The van der Waals surface area contributed by atoms with Gasteiger partial charge in [0.1, 0.15) is 0 Å². The van der Waals surface area contributed by atoms with Gasteiger partial charge in [-0.2, -0.15) is 5.10 Å². The summed E-state index contributed by atoms with van der Waals surface area (Å²) in [5, 5.41) is 13.2. The van der Waals surface area contributed by atoms with E-state index in [0.717, 1.165) is 28.2 Å². The van der Waals surface area contributed by atoms with E-state index >= 15 is 0 Å². The lowest BCUT2D eigenvalue weighted by atomic mass is 10.1. The maximum Gasteiger partial charge on any atom is 0.303 e. The highest BCUT2D eigenvalue weighted by molar-refractivity contribution is 5.67. The highest BCUT2D eigenvalue weighted by atomic mass is 16.4. The van der Waals surface area contributed by atoms with E-state index < -0.39 is 5.97 Å². The number of carbonyl (C=O) groups is 1. The minimum atomic E-state index is -0.770. The van der Waals surface area contributed by atoms with Gasteiger partial charge in [0.15, 0.2) is 0 Å². The summed E-state index contributed by atoms with van der Waals surface area (Å²) in [7, 11) is 0. The number of aryl methyl sites for hydroxylation is 4. The molecule has 1 aromatic heterocycles. The lowest BCUT2D eigenvalue weighted by Gasteiger charge is -2.10. The van der Waals surface area contributed by atoms with Gasteiger partial charge < -0.3 is 5.11 Å². The van der Waals surface area contributed by atoms with Crippen LogP contribution in [0, 0.1) is 20.8 Å². The second-order valence-electron chi connectivity index (χ2n) is 4.85. The summed E-state index contributed by atoms with van der Waals surface area (Å²) in [5.41, 5.74) is 5.23. The molecule has 0 spiro atoms. The Hall–Kier alpha value is -2.10. The maximum absolute atomic E-state index is 10.6. The Labute approximate surface area is 112 Å². The predicted molar refractivity (Wildman–Crippen MR) is 73.7 cm³/mol. The number of aromatic nitrogens is 2. The van der Waals surface area contributed by atoms with Crippen LogP contribution >= 0.6 is 0 Å². The van der Waals surface area contributed by atoms with Crippen molar-refractivity contribution in [1.82, 2.24) is 9.78 Å². The van der Waals surface area contributed by atoms with Crippen LogP contribution < -0.4 is 0 Å². The molecule has 0 atom stereocenters. The molecule has 2 rings (SSSR count). The largest absolute Gasteiger partial charge is 0.481 e. The van der Waals surface area contributed by atoms with E-state index in [1.807, 2.05) is 49.7 Å². The van der Waals surface area contributed by atoms with Gasteiger partial charge in [-0.15, -0.1) is 0 Å². The highest BCUT2D eigenvalue weighted by Gasteiger charge is 2.08. The minimum absolute atomic E-state index is 0.152. The molecule has 0 saturated heterocycles. The SMILES string of the molecule is Cc1cc(C)n(-c2cc(CCC(=O)O)ccc2C)n1. The van der Waals surface area contributed by atoms with Gasteiger partial charge >= 0.3 is 5.97 Å². The van der Waals surface area contributed by atoms with Crippen molar-refractivity contribution in [2.75, 3.05) is 0 Å². The molecule has 0 aliphatic heterocycles. The lowest BCUT2D eigenvalue weighted by molar-refractivity contribution is -0.136. The molecular formula is C15H18N2O2. The number of aliphatic carboxylic acids is 1. The van der Waals surface area contributed by atoms with Crippen molar-refractivity contribution in [3.05, 3.63) is 46.8 Å². The topological polar surface area (TPSA) is 55.1 Å². The molecule has 100 valence electrons. The van der Waals surface area contributed by atoms with E-state index in [4.69, 9.17) is 5.11 Å². The third kappa shape index (κ3) is 3.02. The average Bonchev–Trinajstić information content (AvgIpc) is 2.67. The summed E-state index contributed by atoms with van der Waals surface area (Å²) in [6.45, 7) is 6.02. The molecule has 0 amide bonds. The Morgan fingerprint density at radius 1 is 1.26 bits per heavy atom. The van der Waals surface area contributed by atoms with Gasteiger partial charge in [0.25, 0.3) is 0 Å². The molecule has 19 heavy (non-hydrogen) atoms. The van der Waals surface area contributed by atoms with Crippen molar-refractivity contribution in [1.29, 1.82) is 0 Å². The first-order valence-corrected chi connectivity index (χ1v) is 6.32. The summed E-state index contributed by atoms with van der Waals surface area (Å²) in [6, 6.07) is 8.05. The third-order valence-electron chi connectivity index (χ3n) is 3.14. The monoisotopic (exact) mass is 258 g/mol. The molecule has 0 fully saturated rings. The zero-order valence-corrected chi connectivity index (χ0v) is 11.5. The lowest BCUT2D eigenvalue weighted by Crippen LogP contribution is -2.04. The molecular weight excluding hydrogens is 240 g/mol. The summed E-state index contributed by atoms with van der Waals surface area (Å²) in [5.74, 6) is -0.770. The fourth-order valence-electron chi connectivity index (χ4n) is 2.16. The van der Waals surface area contributed by atoms with E-state index in [-0.39, 0.29) is 6.42 Å². The minimum Gasteiger partial charge on any atom is -0.481 e. The van der Waals surface area contributed by atoms with Crippen molar-refractivity contribution in [3.63, 3.8) is 0 Å². The second kappa shape index (κ2) is 5.26. The van der Waals surface area contributed by atoms with Crippen molar-refractivity contribution in [3.8, 4) is 5.69 Å². The van der Waals surface area contributed by atoms with Crippen molar-refractivity contribution in [2.24, 2.45) is 0 Å². The first kappa shape index (κ1) is 13.3. The number of hydrogen-bond donors (Lipinski definition) is 1. The molecule has 4 nitrogen and oxygen atoms in total. The molecule has 0 aliphatic rings. The zero-order chi connectivity index (χ0) is 14.0. The fraction of sp³-hybridized carbons (Fsp3) is 0.333. The molecule has 0 bridgehead atoms. The normalized spacial score (nSPS) is 10.7. The van der Waals surface area contributed by atoms with Crippen LogP contribution in [0.2, 0.25) is 0 Å². The van der Waals surface area contributed by atoms with Crippen LogP contribution in [0.3, 0.4) is 0 Å². The van der Waals surface area contributed by atoms with Crippen molar-refractivity contribution in [2.45, 2.75) is 33.6 Å². The molecule has 1 aromatic carbocycles. The fourth-order valence-corrected chi connectivity index (χ4v) is 2.16. The molecule has 0 radical (unpaired) electrons. The maximum atomic E-state index is 10.6. The van der Waals surface area contributed by atoms with Crippen LogP contribution in [0.1, 0.15) is 28.9 Å². The van der Waals surface area contributed by atoms with Crippen LogP contribution in [0.5, 0.6) is 0 Å². The van der Waals surface area contributed by atoms with Gasteiger partial charge in [0.2, 0.25) is 0 Å². The summed E-state index contributed by atoms with van der Waals surface area (Å²) in [6.07, 6.45) is 0.696. The van der Waals surface area contributed by atoms with Crippen LogP contribution in [-0.2, 0) is 11.2 Å². The Kier molecular flexibility index (Phi) is 3.69. The standard InChI is InChI=1S/C15H18N2O2/c1-10-4-5-13(6-7-15(18)19)9-14(10)17-12(3)8-11(2)16-17/h4-5,8-9H,6-7H2,1-3H3,(H,18,19). The molecule has 4 heteroatoms. The van der Waals surface area contributed by atoms with Crippen molar-refractivity contribution >= 4 is 5.97 Å². The molecule has 0 unspecified atom stereocenters. The first-order valence-electron chi connectivity index (χ1n) is 6.32. The second-order valence-corrected chi connectivity index (χ2v) is 4.85. The van der Waals surface area contributed by atoms with Gasteiger partial charge in [-0.25, -0.2) is 4.68 Å². The Bertz CT molecular complexity index is 615. The molecule has 1 N–H and O–H groups in total. The van der Waals surface area contributed by atoms with Crippen LogP contribution in [0.25, 0.3) is 5.69 Å². The summed E-state index contributed by atoms with van der Waals surface area (Å²) in [4.78, 5) is 10.6. The van der Waals surface area contributed by atoms with Gasteiger partial charge in [0.05, 0.1) is 11.4 Å². The predicted octanol–water partition coefficient (Wildman–Crippen LogP) is 2.81. The number of carboxylic acids is 1. The molecule has 2 aromatic rings. The summed E-state index contributed by atoms with van der Waals surface area (Å²) < 4.78 is 1.91. The molecule has 1 heterocycles. The Morgan fingerprint density at radius 3 is 2.58 bits per heavy atom. The van der Waals surface area contributed by atoms with Crippen LogP contribution in [-0.4, -0.2) is 20.9 Å². The number of benzene rings is 1. The van der Waals surface area contributed by atoms with E-state index in [2.05, 4.69) is 5.10 Å². The Morgan fingerprint density at radius 2 is 2.00 bits per heavy atom.